The number of hydrogen-bond acceptors (Lipinski definition) is 4. The molecule has 0 spiro atoms. The molecule has 1 atom stereocenters. The summed E-state index contributed by atoms with van der Waals surface area (Å²) < 4.78 is 11.6. The smallest absolute Gasteiger partial charge is 0.123 e. The molecule has 23 heavy (non-hydrogen) atoms. The molecule has 1 aliphatic heterocycles. The van der Waals surface area contributed by atoms with Crippen LogP contribution in [0.3, 0.4) is 0 Å². The van der Waals surface area contributed by atoms with E-state index in [1.54, 1.807) is 0 Å². The molecule has 0 unspecified atom stereocenters. The highest BCUT2D eigenvalue weighted by molar-refractivity contribution is 5.33. The van der Waals surface area contributed by atoms with Crippen molar-refractivity contribution in [1.82, 2.24) is 5.32 Å². The molecule has 3 N–H and O–H groups in total. The van der Waals surface area contributed by atoms with E-state index in [9.17, 15) is 0 Å². The van der Waals surface area contributed by atoms with E-state index in [4.69, 9.17) is 15.2 Å². The number of ether oxygens (including phenoxy) is 2. The first-order chi connectivity index (χ1) is 11.3. The summed E-state index contributed by atoms with van der Waals surface area (Å²) >= 11 is 0. The van der Waals surface area contributed by atoms with E-state index < -0.39 is 0 Å². The summed E-state index contributed by atoms with van der Waals surface area (Å²) in [7, 11) is 0. The number of benzene rings is 2. The van der Waals surface area contributed by atoms with Crippen molar-refractivity contribution < 1.29 is 9.47 Å². The standard InChI is InChI=1S/C19H22N2O2/c20-19-11-16(13-21-19)9-10-22-17-7-4-8-18(12-17)23-14-15-5-2-1-3-6-15/h1-8,11-12,16,21H,9-10,13-14,20H2/t16-/m0/s1. The summed E-state index contributed by atoms with van der Waals surface area (Å²) in [6, 6.07) is 17.9. The zero-order valence-electron chi connectivity index (χ0n) is 13.1. The second-order valence-corrected chi connectivity index (χ2v) is 5.65. The molecule has 0 saturated heterocycles. The first-order valence-electron chi connectivity index (χ1n) is 7.90. The Hall–Kier alpha value is -2.62. The van der Waals surface area contributed by atoms with Gasteiger partial charge in [-0.15, -0.1) is 0 Å². The van der Waals surface area contributed by atoms with Gasteiger partial charge in [0.2, 0.25) is 0 Å². The van der Waals surface area contributed by atoms with Gasteiger partial charge in [-0.25, -0.2) is 0 Å². The lowest BCUT2D eigenvalue weighted by molar-refractivity contribution is 0.283. The Balaban J connectivity index is 1.47. The number of hydrogen-bond donors (Lipinski definition) is 2. The van der Waals surface area contributed by atoms with E-state index in [0.717, 1.165) is 35.8 Å². The normalized spacial score (nSPS) is 16.5. The fourth-order valence-electron chi connectivity index (χ4n) is 2.53. The van der Waals surface area contributed by atoms with Crippen molar-refractivity contribution in [3.8, 4) is 11.5 Å². The fourth-order valence-corrected chi connectivity index (χ4v) is 2.53. The van der Waals surface area contributed by atoms with E-state index in [1.807, 2.05) is 42.5 Å². The Bertz CT molecular complexity index is 655. The van der Waals surface area contributed by atoms with Crippen LogP contribution in [0.1, 0.15) is 12.0 Å². The SMILES string of the molecule is NC1=C[C@H](CCOc2cccc(OCc3ccccc3)c2)CN1. The molecule has 0 bridgehead atoms. The number of nitrogens with one attached hydrogen (secondary N) is 1. The monoisotopic (exact) mass is 310 g/mol. The van der Waals surface area contributed by atoms with Crippen molar-refractivity contribution >= 4 is 0 Å². The lowest BCUT2D eigenvalue weighted by Gasteiger charge is -2.11. The summed E-state index contributed by atoms with van der Waals surface area (Å²) in [6.07, 6.45) is 3.01. The summed E-state index contributed by atoms with van der Waals surface area (Å²) in [6.45, 7) is 2.12. The molecule has 0 saturated carbocycles. The van der Waals surface area contributed by atoms with Crippen LogP contribution in [-0.4, -0.2) is 13.2 Å². The third-order valence-electron chi connectivity index (χ3n) is 3.79. The van der Waals surface area contributed by atoms with Gasteiger partial charge in [-0.2, -0.15) is 0 Å². The third kappa shape index (κ3) is 4.68. The van der Waals surface area contributed by atoms with Crippen LogP contribution in [0.15, 0.2) is 66.5 Å². The first-order valence-corrected chi connectivity index (χ1v) is 7.90. The van der Waals surface area contributed by atoms with E-state index in [0.29, 0.717) is 19.1 Å². The van der Waals surface area contributed by atoms with Gasteiger partial charge in [0.1, 0.15) is 18.1 Å². The molecule has 4 nitrogen and oxygen atoms in total. The van der Waals surface area contributed by atoms with Gasteiger partial charge in [-0.3, -0.25) is 0 Å². The van der Waals surface area contributed by atoms with Crippen molar-refractivity contribution in [2.75, 3.05) is 13.2 Å². The average molecular weight is 310 g/mol. The lowest BCUT2D eigenvalue weighted by Crippen LogP contribution is -2.17. The summed E-state index contributed by atoms with van der Waals surface area (Å²) in [5, 5.41) is 3.12. The minimum Gasteiger partial charge on any atom is -0.493 e. The van der Waals surface area contributed by atoms with Gasteiger partial charge in [0.25, 0.3) is 0 Å². The molecule has 3 rings (SSSR count). The third-order valence-corrected chi connectivity index (χ3v) is 3.79. The minimum atomic E-state index is 0.451. The van der Waals surface area contributed by atoms with Crippen LogP contribution in [0.25, 0.3) is 0 Å². The Kier molecular flexibility index (Phi) is 5.04. The van der Waals surface area contributed by atoms with Crippen molar-refractivity contribution in [1.29, 1.82) is 0 Å². The molecule has 2 aromatic carbocycles. The highest BCUT2D eigenvalue weighted by atomic mass is 16.5. The molecular weight excluding hydrogens is 288 g/mol. The van der Waals surface area contributed by atoms with Crippen LogP contribution in [0, 0.1) is 5.92 Å². The Morgan fingerprint density at radius 3 is 2.52 bits per heavy atom. The zero-order valence-corrected chi connectivity index (χ0v) is 13.1. The molecule has 4 heteroatoms. The second-order valence-electron chi connectivity index (χ2n) is 5.65. The first kappa shape index (κ1) is 15.3. The van der Waals surface area contributed by atoms with Crippen molar-refractivity contribution in [3.05, 3.63) is 72.1 Å². The van der Waals surface area contributed by atoms with Crippen molar-refractivity contribution in [3.63, 3.8) is 0 Å². The average Bonchev–Trinajstić information content (AvgIpc) is 3.00. The van der Waals surface area contributed by atoms with Crippen LogP contribution < -0.4 is 20.5 Å². The van der Waals surface area contributed by atoms with Gasteiger partial charge in [-0.05, 0) is 30.2 Å². The van der Waals surface area contributed by atoms with Crippen LogP contribution in [0.5, 0.6) is 11.5 Å². The van der Waals surface area contributed by atoms with E-state index >= 15 is 0 Å². The van der Waals surface area contributed by atoms with Crippen molar-refractivity contribution in [2.24, 2.45) is 11.7 Å². The zero-order chi connectivity index (χ0) is 15.9. The maximum absolute atomic E-state index is 5.82. The van der Waals surface area contributed by atoms with Gasteiger partial charge < -0.3 is 20.5 Å². The van der Waals surface area contributed by atoms with Crippen LogP contribution in [0.2, 0.25) is 0 Å². The maximum Gasteiger partial charge on any atom is 0.123 e. The van der Waals surface area contributed by atoms with E-state index in [-0.39, 0.29) is 0 Å². The van der Waals surface area contributed by atoms with Gasteiger partial charge in [0.15, 0.2) is 0 Å². The molecule has 1 aliphatic rings. The molecule has 0 aromatic heterocycles. The quantitative estimate of drug-likeness (QED) is 0.825. The predicted molar refractivity (Wildman–Crippen MR) is 91.1 cm³/mol. The summed E-state index contributed by atoms with van der Waals surface area (Å²) in [5.41, 5.74) is 6.85. The summed E-state index contributed by atoms with van der Waals surface area (Å²) in [5.74, 6) is 2.87. The number of nitrogens with two attached hydrogens (primary N) is 1. The largest absolute Gasteiger partial charge is 0.493 e. The lowest BCUT2D eigenvalue weighted by atomic mass is 10.1. The molecule has 1 heterocycles. The minimum absolute atomic E-state index is 0.451. The molecule has 0 amide bonds. The Labute approximate surface area is 136 Å². The summed E-state index contributed by atoms with van der Waals surface area (Å²) in [4.78, 5) is 0. The molecule has 2 aromatic rings. The predicted octanol–water partition coefficient (Wildman–Crippen LogP) is 3.05. The van der Waals surface area contributed by atoms with Gasteiger partial charge in [0.05, 0.1) is 12.4 Å². The molecular formula is C19H22N2O2. The maximum atomic E-state index is 5.82. The second kappa shape index (κ2) is 7.58. The van der Waals surface area contributed by atoms with E-state index in [2.05, 4.69) is 23.5 Å². The highest BCUT2D eigenvalue weighted by Gasteiger charge is 2.12. The Morgan fingerprint density at radius 2 is 1.78 bits per heavy atom. The van der Waals surface area contributed by atoms with Crippen molar-refractivity contribution in [2.45, 2.75) is 13.0 Å². The molecule has 0 fully saturated rings. The number of rotatable bonds is 7. The fraction of sp³-hybridized carbons (Fsp3) is 0.263. The molecule has 120 valence electrons. The van der Waals surface area contributed by atoms with Crippen LogP contribution in [0.4, 0.5) is 0 Å². The van der Waals surface area contributed by atoms with Crippen LogP contribution in [-0.2, 0) is 6.61 Å². The molecule has 0 aliphatic carbocycles. The van der Waals surface area contributed by atoms with E-state index in [1.165, 1.54) is 0 Å². The van der Waals surface area contributed by atoms with Crippen LogP contribution >= 0.6 is 0 Å². The van der Waals surface area contributed by atoms with Gasteiger partial charge >= 0.3 is 0 Å². The molecule has 0 radical (unpaired) electrons. The Morgan fingerprint density at radius 1 is 1.00 bits per heavy atom. The highest BCUT2D eigenvalue weighted by Crippen LogP contribution is 2.21. The van der Waals surface area contributed by atoms with Gasteiger partial charge in [-0.1, -0.05) is 36.4 Å². The van der Waals surface area contributed by atoms with Gasteiger partial charge in [0, 0.05) is 18.5 Å². The topological polar surface area (TPSA) is 56.5 Å².